The molecule has 2 heteroatoms. The summed E-state index contributed by atoms with van der Waals surface area (Å²) in [4.78, 5) is 4.37. The summed E-state index contributed by atoms with van der Waals surface area (Å²) in [7, 11) is 0. The Labute approximate surface area is 87.0 Å². The molecule has 1 heterocycles. The van der Waals surface area contributed by atoms with Crippen LogP contribution >= 0.6 is 15.9 Å². The van der Waals surface area contributed by atoms with Gasteiger partial charge in [-0.1, -0.05) is 41.9 Å². The molecule has 0 fully saturated rings. The van der Waals surface area contributed by atoms with E-state index in [1.54, 1.807) is 0 Å². The predicted octanol–water partition coefficient (Wildman–Crippen LogP) is 3.16. The van der Waals surface area contributed by atoms with E-state index in [0.29, 0.717) is 0 Å². The van der Waals surface area contributed by atoms with Gasteiger partial charge in [0.05, 0.1) is 0 Å². The van der Waals surface area contributed by atoms with Gasteiger partial charge in [-0.25, -0.2) is 0 Å². The first-order valence-electron chi connectivity index (χ1n) is 4.40. The zero-order valence-electron chi connectivity index (χ0n) is 7.84. The van der Waals surface area contributed by atoms with E-state index in [1.165, 1.54) is 15.6 Å². The number of rotatable bonds is 0. The zero-order chi connectivity index (χ0) is 9.47. The van der Waals surface area contributed by atoms with Crippen molar-refractivity contribution in [3.63, 3.8) is 0 Å². The van der Waals surface area contributed by atoms with Gasteiger partial charge in [-0.3, -0.25) is 4.99 Å². The quantitative estimate of drug-likeness (QED) is 0.658. The molecule has 0 saturated heterocycles. The first kappa shape index (κ1) is 8.95. The molecule has 0 amide bonds. The van der Waals surface area contributed by atoms with Crippen molar-refractivity contribution in [3.8, 4) is 0 Å². The summed E-state index contributed by atoms with van der Waals surface area (Å²) in [5.74, 6) is 0. The number of hydrogen-bond donors (Lipinski definition) is 0. The van der Waals surface area contributed by atoms with Crippen LogP contribution in [-0.2, 0) is 5.41 Å². The van der Waals surface area contributed by atoms with Gasteiger partial charge in [0.2, 0.25) is 0 Å². The summed E-state index contributed by atoms with van der Waals surface area (Å²) in [5, 5.41) is 0. The third-order valence-corrected chi connectivity index (χ3v) is 3.10. The largest absolute Gasteiger partial charge is 0.292 e. The third-order valence-electron chi connectivity index (χ3n) is 2.44. The van der Waals surface area contributed by atoms with E-state index in [2.05, 4.69) is 53.0 Å². The number of aliphatic imine (C=N–C) groups is 1. The highest BCUT2D eigenvalue weighted by molar-refractivity contribution is 9.10. The topological polar surface area (TPSA) is 12.4 Å². The molecule has 0 unspecified atom stereocenters. The minimum atomic E-state index is 0.157. The van der Waals surface area contributed by atoms with E-state index >= 15 is 0 Å². The summed E-state index contributed by atoms with van der Waals surface area (Å²) in [6.45, 7) is 5.34. The van der Waals surface area contributed by atoms with Crippen molar-refractivity contribution in [2.75, 3.05) is 6.54 Å². The lowest BCUT2D eigenvalue weighted by molar-refractivity contribution is 0.531. The van der Waals surface area contributed by atoms with Gasteiger partial charge in [-0.2, -0.15) is 0 Å². The van der Waals surface area contributed by atoms with E-state index < -0.39 is 0 Å². The fourth-order valence-electron chi connectivity index (χ4n) is 1.81. The van der Waals surface area contributed by atoms with E-state index in [4.69, 9.17) is 0 Å². The number of halogens is 1. The van der Waals surface area contributed by atoms with Crippen LogP contribution in [0.2, 0.25) is 0 Å². The van der Waals surface area contributed by atoms with E-state index in [1.807, 2.05) is 6.21 Å². The average molecular weight is 238 g/mol. The lowest BCUT2D eigenvalue weighted by atomic mass is 9.80. The summed E-state index contributed by atoms with van der Waals surface area (Å²) < 4.78 is 1.20. The fourth-order valence-corrected chi connectivity index (χ4v) is 2.73. The summed E-state index contributed by atoms with van der Waals surface area (Å²) in [6, 6.07) is 6.26. The smallest absolute Gasteiger partial charge is 0.0481 e. The Balaban J connectivity index is 2.69. The predicted molar refractivity (Wildman–Crippen MR) is 59.6 cm³/mol. The van der Waals surface area contributed by atoms with Crippen molar-refractivity contribution in [3.05, 3.63) is 33.8 Å². The van der Waals surface area contributed by atoms with Gasteiger partial charge in [0, 0.05) is 22.6 Å². The highest BCUT2D eigenvalue weighted by Gasteiger charge is 2.27. The number of fused-ring (bicyclic) bond motifs is 1. The molecule has 0 aliphatic carbocycles. The van der Waals surface area contributed by atoms with Gasteiger partial charge < -0.3 is 0 Å². The molecule has 1 aliphatic heterocycles. The molecule has 0 bridgehead atoms. The van der Waals surface area contributed by atoms with E-state index in [9.17, 15) is 0 Å². The van der Waals surface area contributed by atoms with Crippen molar-refractivity contribution < 1.29 is 0 Å². The number of nitrogens with zero attached hydrogens (tertiary/aromatic N) is 1. The standard InChI is InChI=1S/C11H12BrN/c1-11(2)7-13-6-8-4-3-5-9(12)10(8)11/h3-6H,7H2,1-2H3. The van der Waals surface area contributed by atoms with Crippen molar-refractivity contribution in [1.82, 2.24) is 0 Å². The second-order valence-electron chi connectivity index (χ2n) is 4.06. The summed E-state index contributed by atoms with van der Waals surface area (Å²) in [6.07, 6.45) is 1.96. The fraction of sp³-hybridized carbons (Fsp3) is 0.364. The molecule has 1 aromatic rings. The van der Waals surface area contributed by atoms with Crippen molar-refractivity contribution >= 4 is 22.1 Å². The highest BCUT2D eigenvalue weighted by Crippen LogP contribution is 2.34. The molecule has 0 atom stereocenters. The maximum absolute atomic E-state index is 4.37. The number of hydrogen-bond acceptors (Lipinski definition) is 1. The molecule has 2 rings (SSSR count). The van der Waals surface area contributed by atoms with Crippen molar-refractivity contribution in [2.45, 2.75) is 19.3 Å². The lowest BCUT2D eigenvalue weighted by Crippen LogP contribution is -2.26. The molecule has 0 radical (unpaired) electrons. The number of benzene rings is 1. The normalized spacial score (nSPS) is 18.4. The minimum Gasteiger partial charge on any atom is -0.292 e. The molecule has 0 spiro atoms. The molecular weight excluding hydrogens is 226 g/mol. The van der Waals surface area contributed by atoms with Crippen LogP contribution in [0.4, 0.5) is 0 Å². The second kappa shape index (κ2) is 2.95. The molecule has 0 aromatic heterocycles. The first-order chi connectivity index (χ1) is 6.11. The van der Waals surface area contributed by atoms with E-state index in [-0.39, 0.29) is 5.41 Å². The Morgan fingerprint density at radius 3 is 2.85 bits per heavy atom. The minimum absolute atomic E-state index is 0.157. The Morgan fingerprint density at radius 1 is 1.38 bits per heavy atom. The van der Waals surface area contributed by atoms with E-state index in [0.717, 1.165) is 6.54 Å². The highest BCUT2D eigenvalue weighted by atomic mass is 79.9. The van der Waals surface area contributed by atoms with Crippen LogP contribution in [0, 0.1) is 0 Å². The molecule has 1 aromatic carbocycles. The van der Waals surface area contributed by atoms with Crippen molar-refractivity contribution in [2.24, 2.45) is 4.99 Å². The zero-order valence-corrected chi connectivity index (χ0v) is 9.43. The third kappa shape index (κ3) is 1.44. The van der Waals surface area contributed by atoms with Crippen LogP contribution in [-0.4, -0.2) is 12.8 Å². The monoisotopic (exact) mass is 237 g/mol. The van der Waals surface area contributed by atoms with Crippen LogP contribution in [0.25, 0.3) is 0 Å². The molecular formula is C11H12BrN. The van der Waals surface area contributed by atoms with Gasteiger partial charge in [-0.15, -0.1) is 0 Å². The van der Waals surface area contributed by atoms with Gasteiger partial charge >= 0.3 is 0 Å². The summed E-state index contributed by atoms with van der Waals surface area (Å²) >= 11 is 3.60. The SMILES string of the molecule is CC1(C)CN=Cc2cccc(Br)c21. The Kier molecular flexibility index (Phi) is 2.03. The second-order valence-corrected chi connectivity index (χ2v) is 4.91. The molecule has 1 aliphatic rings. The Morgan fingerprint density at radius 2 is 2.15 bits per heavy atom. The molecule has 13 heavy (non-hydrogen) atoms. The Bertz CT molecular complexity index is 366. The first-order valence-corrected chi connectivity index (χ1v) is 5.19. The molecule has 0 saturated carbocycles. The van der Waals surface area contributed by atoms with Gasteiger partial charge in [0.25, 0.3) is 0 Å². The van der Waals surface area contributed by atoms with Crippen LogP contribution in [0.15, 0.2) is 27.7 Å². The Hall–Kier alpha value is -0.630. The maximum Gasteiger partial charge on any atom is 0.0481 e. The molecule has 1 nitrogen and oxygen atoms in total. The van der Waals surface area contributed by atoms with Crippen molar-refractivity contribution in [1.29, 1.82) is 0 Å². The van der Waals surface area contributed by atoms with Gasteiger partial charge in [0.1, 0.15) is 0 Å². The van der Waals surface area contributed by atoms with Crippen LogP contribution in [0.3, 0.4) is 0 Å². The average Bonchev–Trinajstić information content (AvgIpc) is 2.02. The van der Waals surface area contributed by atoms with Gasteiger partial charge in [0.15, 0.2) is 0 Å². The maximum atomic E-state index is 4.37. The van der Waals surface area contributed by atoms with Gasteiger partial charge in [-0.05, 0) is 17.2 Å². The van der Waals surface area contributed by atoms with Crippen LogP contribution in [0.1, 0.15) is 25.0 Å². The molecule has 0 N–H and O–H groups in total. The van der Waals surface area contributed by atoms with Crippen LogP contribution < -0.4 is 0 Å². The summed E-state index contributed by atoms with van der Waals surface area (Å²) in [5.41, 5.74) is 2.78. The van der Waals surface area contributed by atoms with Crippen LogP contribution in [0.5, 0.6) is 0 Å². The molecule has 68 valence electrons. The lowest BCUT2D eigenvalue weighted by Gasteiger charge is -2.29.